The molecular formula is C13H14N2OS. The number of amides is 1. The first kappa shape index (κ1) is 11.8. The molecule has 0 atom stereocenters. The number of nitrogens with zero attached hydrogens (tertiary/aromatic N) is 1. The second-order valence-electron chi connectivity index (χ2n) is 3.80. The zero-order valence-electron chi connectivity index (χ0n) is 9.64. The van der Waals surface area contributed by atoms with Crippen molar-refractivity contribution in [2.24, 2.45) is 0 Å². The second-order valence-corrected chi connectivity index (χ2v) is 4.78. The summed E-state index contributed by atoms with van der Waals surface area (Å²) in [5.74, 6) is -0.0229. The van der Waals surface area contributed by atoms with Gasteiger partial charge in [-0.1, -0.05) is 17.7 Å². The van der Waals surface area contributed by atoms with Crippen LogP contribution in [0.15, 0.2) is 35.8 Å². The number of carbonyl (C=O) groups is 1. The third-order valence-electron chi connectivity index (χ3n) is 2.39. The van der Waals surface area contributed by atoms with Crippen LogP contribution in [0.25, 0.3) is 0 Å². The standard InChI is InChI=1S/C13H14N2OS/c1-10-3-2-4-11(9-10)13(16)15-6-5-12-14-7-8-17-12/h2-4,7-9H,5-6H2,1H3,(H,15,16). The van der Waals surface area contributed by atoms with E-state index < -0.39 is 0 Å². The van der Waals surface area contributed by atoms with Crippen LogP contribution in [0.5, 0.6) is 0 Å². The van der Waals surface area contributed by atoms with Gasteiger partial charge in [0.15, 0.2) is 0 Å². The van der Waals surface area contributed by atoms with Gasteiger partial charge in [0.2, 0.25) is 0 Å². The predicted molar refractivity (Wildman–Crippen MR) is 69.3 cm³/mol. The number of rotatable bonds is 4. The highest BCUT2D eigenvalue weighted by Gasteiger charge is 2.04. The number of aryl methyl sites for hydroxylation is 1. The van der Waals surface area contributed by atoms with Crippen LogP contribution in [0.4, 0.5) is 0 Å². The van der Waals surface area contributed by atoms with Crippen molar-refractivity contribution >= 4 is 17.2 Å². The van der Waals surface area contributed by atoms with E-state index in [0.717, 1.165) is 17.0 Å². The Labute approximate surface area is 105 Å². The molecule has 2 aromatic rings. The quantitative estimate of drug-likeness (QED) is 0.900. The maximum Gasteiger partial charge on any atom is 0.251 e. The van der Waals surface area contributed by atoms with Crippen LogP contribution >= 0.6 is 11.3 Å². The fraction of sp³-hybridized carbons (Fsp3) is 0.231. The van der Waals surface area contributed by atoms with Gasteiger partial charge < -0.3 is 5.32 Å². The number of carbonyl (C=O) groups excluding carboxylic acids is 1. The van der Waals surface area contributed by atoms with Gasteiger partial charge in [-0.2, -0.15) is 0 Å². The van der Waals surface area contributed by atoms with E-state index in [0.29, 0.717) is 12.1 Å². The van der Waals surface area contributed by atoms with Crippen LogP contribution in [0.2, 0.25) is 0 Å². The van der Waals surface area contributed by atoms with Gasteiger partial charge in [0.25, 0.3) is 5.91 Å². The first-order valence-electron chi connectivity index (χ1n) is 5.49. The lowest BCUT2D eigenvalue weighted by molar-refractivity contribution is 0.0954. The predicted octanol–water partition coefficient (Wildman–Crippen LogP) is 2.42. The van der Waals surface area contributed by atoms with Crippen LogP contribution in [-0.2, 0) is 6.42 Å². The molecule has 0 aliphatic rings. The van der Waals surface area contributed by atoms with Crippen LogP contribution in [0, 0.1) is 6.92 Å². The Kier molecular flexibility index (Phi) is 3.88. The molecule has 0 fully saturated rings. The molecule has 0 spiro atoms. The van der Waals surface area contributed by atoms with Gasteiger partial charge in [0, 0.05) is 30.1 Å². The molecule has 0 aliphatic carbocycles. The van der Waals surface area contributed by atoms with Crippen LogP contribution in [0.1, 0.15) is 20.9 Å². The zero-order valence-corrected chi connectivity index (χ0v) is 10.5. The Morgan fingerprint density at radius 1 is 1.47 bits per heavy atom. The molecule has 17 heavy (non-hydrogen) atoms. The van der Waals surface area contributed by atoms with Gasteiger partial charge in [-0.25, -0.2) is 4.98 Å². The van der Waals surface area contributed by atoms with E-state index in [4.69, 9.17) is 0 Å². The molecule has 0 aliphatic heterocycles. The lowest BCUT2D eigenvalue weighted by Crippen LogP contribution is -2.25. The van der Waals surface area contributed by atoms with Crippen molar-refractivity contribution in [3.8, 4) is 0 Å². The second kappa shape index (κ2) is 5.59. The average Bonchev–Trinajstić information content (AvgIpc) is 2.82. The maximum absolute atomic E-state index is 11.8. The Hall–Kier alpha value is -1.68. The summed E-state index contributed by atoms with van der Waals surface area (Å²) >= 11 is 1.61. The number of nitrogens with one attached hydrogen (secondary N) is 1. The molecule has 4 heteroatoms. The van der Waals surface area contributed by atoms with Crippen LogP contribution < -0.4 is 5.32 Å². The Bertz CT molecular complexity index is 494. The molecule has 0 unspecified atom stereocenters. The van der Waals surface area contributed by atoms with Gasteiger partial charge in [0.05, 0.1) is 5.01 Å². The summed E-state index contributed by atoms with van der Waals surface area (Å²) in [6, 6.07) is 7.59. The lowest BCUT2D eigenvalue weighted by atomic mass is 10.1. The SMILES string of the molecule is Cc1cccc(C(=O)NCCc2nccs2)c1. The van der Waals surface area contributed by atoms with Crippen molar-refractivity contribution in [2.45, 2.75) is 13.3 Å². The molecule has 88 valence electrons. The third-order valence-corrected chi connectivity index (χ3v) is 3.23. The molecule has 0 saturated carbocycles. The molecule has 1 heterocycles. The monoisotopic (exact) mass is 246 g/mol. The van der Waals surface area contributed by atoms with Gasteiger partial charge in [-0.05, 0) is 19.1 Å². The third kappa shape index (κ3) is 3.39. The number of thiazole rings is 1. The molecule has 1 N–H and O–H groups in total. The molecular weight excluding hydrogens is 232 g/mol. The van der Waals surface area contributed by atoms with Gasteiger partial charge in [-0.15, -0.1) is 11.3 Å². The van der Waals surface area contributed by atoms with Gasteiger partial charge >= 0.3 is 0 Å². The van der Waals surface area contributed by atoms with E-state index in [-0.39, 0.29) is 5.91 Å². The molecule has 0 radical (unpaired) electrons. The van der Waals surface area contributed by atoms with Crippen molar-refractivity contribution in [1.29, 1.82) is 0 Å². The van der Waals surface area contributed by atoms with E-state index in [2.05, 4.69) is 10.3 Å². The first-order valence-corrected chi connectivity index (χ1v) is 6.37. The summed E-state index contributed by atoms with van der Waals surface area (Å²) in [5.41, 5.74) is 1.81. The maximum atomic E-state index is 11.8. The highest BCUT2D eigenvalue weighted by Crippen LogP contribution is 2.05. The summed E-state index contributed by atoms with van der Waals surface area (Å²) in [6.45, 7) is 2.60. The fourth-order valence-corrected chi connectivity index (χ4v) is 2.17. The minimum atomic E-state index is -0.0229. The van der Waals surface area contributed by atoms with Crippen LogP contribution in [0.3, 0.4) is 0 Å². The first-order chi connectivity index (χ1) is 8.25. The number of hydrogen-bond acceptors (Lipinski definition) is 3. The molecule has 3 nitrogen and oxygen atoms in total. The number of benzene rings is 1. The van der Waals surface area contributed by atoms with E-state index in [9.17, 15) is 4.79 Å². The largest absolute Gasteiger partial charge is 0.352 e. The Balaban J connectivity index is 1.85. The fourth-order valence-electron chi connectivity index (χ4n) is 1.55. The lowest BCUT2D eigenvalue weighted by Gasteiger charge is -2.04. The summed E-state index contributed by atoms with van der Waals surface area (Å²) in [4.78, 5) is 16.0. The molecule has 1 aromatic carbocycles. The summed E-state index contributed by atoms with van der Waals surface area (Å²) in [7, 11) is 0. The average molecular weight is 246 g/mol. The Morgan fingerprint density at radius 2 is 2.35 bits per heavy atom. The molecule has 2 rings (SSSR count). The number of hydrogen-bond donors (Lipinski definition) is 1. The van der Waals surface area contributed by atoms with Crippen molar-refractivity contribution in [1.82, 2.24) is 10.3 Å². The van der Waals surface area contributed by atoms with Crippen molar-refractivity contribution in [2.75, 3.05) is 6.54 Å². The topological polar surface area (TPSA) is 42.0 Å². The Morgan fingerprint density at radius 3 is 3.06 bits per heavy atom. The summed E-state index contributed by atoms with van der Waals surface area (Å²) < 4.78 is 0. The van der Waals surface area contributed by atoms with Crippen molar-refractivity contribution in [3.05, 3.63) is 52.0 Å². The summed E-state index contributed by atoms with van der Waals surface area (Å²) in [5, 5.41) is 5.88. The molecule has 1 aromatic heterocycles. The van der Waals surface area contributed by atoms with Crippen molar-refractivity contribution < 1.29 is 4.79 Å². The highest BCUT2D eigenvalue weighted by atomic mass is 32.1. The normalized spacial score (nSPS) is 10.2. The highest BCUT2D eigenvalue weighted by molar-refractivity contribution is 7.09. The molecule has 0 saturated heterocycles. The number of aromatic nitrogens is 1. The smallest absolute Gasteiger partial charge is 0.251 e. The minimum absolute atomic E-state index is 0.0229. The molecule has 1 amide bonds. The van der Waals surface area contributed by atoms with Crippen LogP contribution in [-0.4, -0.2) is 17.4 Å². The summed E-state index contributed by atoms with van der Waals surface area (Å²) in [6.07, 6.45) is 2.57. The van der Waals surface area contributed by atoms with E-state index >= 15 is 0 Å². The minimum Gasteiger partial charge on any atom is -0.352 e. The molecule has 0 bridgehead atoms. The van der Waals surface area contributed by atoms with Gasteiger partial charge in [-0.3, -0.25) is 4.79 Å². The van der Waals surface area contributed by atoms with Gasteiger partial charge in [0.1, 0.15) is 0 Å². The van der Waals surface area contributed by atoms with E-state index in [1.165, 1.54) is 0 Å². The van der Waals surface area contributed by atoms with Crippen molar-refractivity contribution in [3.63, 3.8) is 0 Å². The van der Waals surface area contributed by atoms with E-state index in [1.807, 2.05) is 36.6 Å². The zero-order chi connectivity index (χ0) is 12.1. The van der Waals surface area contributed by atoms with E-state index in [1.54, 1.807) is 17.5 Å².